The van der Waals surface area contributed by atoms with Crippen LogP contribution in [-0.4, -0.2) is 0 Å². The number of rotatable bonds is 3. The molecule has 0 spiro atoms. The van der Waals surface area contributed by atoms with Gasteiger partial charge in [0, 0.05) is 0 Å². The minimum Gasteiger partial charge on any atom is -0.166 e. The second-order valence-electron chi connectivity index (χ2n) is 8.50. The van der Waals surface area contributed by atoms with E-state index in [1.807, 2.05) is 60.7 Å². The van der Waals surface area contributed by atoms with Gasteiger partial charge in [0.2, 0.25) is 0 Å². The zero-order chi connectivity index (χ0) is 25.5. The summed E-state index contributed by atoms with van der Waals surface area (Å²) in [6.07, 6.45) is -8.73. The van der Waals surface area contributed by atoms with Gasteiger partial charge in [0.15, 0.2) is 0 Å². The third-order valence-corrected chi connectivity index (χ3v) is 6.15. The molecule has 0 aliphatic carbocycles. The molecule has 0 N–H and O–H groups in total. The van der Waals surface area contributed by atoms with Crippen LogP contribution in [-0.2, 0) is 12.4 Å². The van der Waals surface area contributed by atoms with Crippen LogP contribution in [0, 0.1) is 0 Å². The van der Waals surface area contributed by atoms with Gasteiger partial charge in [-0.1, -0.05) is 72.8 Å². The number of alkyl halides is 6. The highest BCUT2D eigenvalue weighted by Crippen LogP contribution is 2.34. The van der Waals surface area contributed by atoms with Gasteiger partial charge < -0.3 is 0 Å². The van der Waals surface area contributed by atoms with Crippen molar-refractivity contribution < 1.29 is 26.3 Å². The second-order valence-corrected chi connectivity index (χ2v) is 8.50. The van der Waals surface area contributed by atoms with Crippen LogP contribution >= 0.6 is 0 Å². The highest BCUT2D eigenvalue weighted by molar-refractivity contribution is 5.91. The fraction of sp³-hybridized carbons (Fsp3) is 0.0667. The van der Waals surface area contributed by atoms with Gasteiger partial charge >= 0.3 is 12.4 Å². The summed E-state index contributed by atoms with van der Waals surface area (Å²) >= 11 is 0. The molecule has 0 saturated heterocycles. The maximum absolute atomic E-state index is 12.8. The molecule has 5 rings (SSSR count). The molecule has 5 aromatic carbocycles. The molecule has 180 valence electrons. The SMILES string of the molecule is FC(F)(F)c1ccc(-c2ccc(-c3ccc4cc(-c5ccc(C(F)(F)F)cc5)ccc4c3)cc2)cc1. The number of hydrogen-bond donors (Lipinski definition) is 0. The van der Waals surface area contributed by atoms with E-state index in [0.717, 1.165) is 57.3 Å². The van der Waals surface area contributed by atoms with Gasteiger partial charge in [-0.2, -0.15) is 26.3 Å². The molecule has 0 heterocycles. The predicted molar refractivity (Wildman–Crippen MR) is 130 cm³/mol. The van der Waals surface area contributed by atoms with E-state index in [2.05, 4.69) is 0 Å². The van der Waals surface area contributed by atoms with Gasteiger partial charge in [0.05, 0.1) is 11.1 Å². The summed E-state index contributed by atoms with van der Waals surface area (Å²) in [5.41, 5.74) is 3.61. The van der Waals surface area contributed by atoms with Crippen LogP contribution < -0.4 is 0 Å². The first kappa shape index (κ1) is 23.7. The monoisotopic (exact) mass is 492 g/mol. The summed E-state index contributed by atoms with van der Waals surface area (Å²) in [5.74, 6) is 0. The van der Waals surface area contributed by atoms with E-state index in [9.17, 15) is 26.3 Å². The second kappa shape index (κ2) is 8.86. The average molecular weight is 492 g/mol. The van der Waals surface area contributed by atoms with Crippen molar-refractivity contribution in [3.8, 4) is 33.4 Å². The fourth-order valence-electron chi connectivity index (χ4n) is 4.16. The van der Waals surface area contributed by atoms with E-state index in [0.29, 0.717) is 11.1 Å². The van der Waals surface area contributed by atoms with E-state index in [1.165, 1.54) is 24.3 Å². The van der Waals surface area contributed by atoms with Crippen molar-refractivity contribution in [3.63, 3.8) is 0 Å². The summed E-state index contributed by atoms with van der Waals surface area (Å²) in [5, 5.41) is 1.94. The molecule has 0 aromatic heterocycles. The van der Waals surface area contributed by atoms with Crippen molar-refractivity contribution in [1.82, 2.24) is 0 Å². The normalized spacial score (nSPS) is 12.2. The van der Waals surface area contributed by atoms with Crippen LogP contribution in [0.5, 0.6) is 0 Å². The molecule has 0 unspecified atom stereocenters. The summed E-state index contributed by atoms with van der Waals surface area (Å²) in [6.45, 7) is 0. The van der Waals surface area contributed by atoms with Crippen molar-refractivity contribution in [1.29, 1.82) is 0 Å². The summed E-state index contributed by atoms with van der Waals surface area (Å²) in [4.78, 5) is 0. The molecule has 0 nitrogen and oxygen atoms in total. The molecule has 0 aliphatic heterocycles. The van der Waals surface area contributed by atoms with Crippen molar-refractivity contribution in [3.05, 3.63) is 120 Å². The molecule has 0 atom stereocenters. The van der Waals surface area contributed by atoms with E-state index in [-0.39, 0.29) is 0 Å². The summed E-state index contributed by atoms with van der Waals surface area (Å²) < 4.78 is 76.9. The number of hydrogen-bond acceptors (Lipinski definition) is 0. The molecule has 5 aromatic rings. The zero-order valence-electron chi connectivity index (χ0n) is 18.7. The van der Waals surface area contributed by atoms with Crippen molar-refractivity contribution in [2.24, 2.45) is 0 Å². The van der Waals surface area contributed by atoms with Gasteiger partial charge in [-0.15, -0.1) is 0 Å². The van der Waals surface area contributed by atoms with Gasteiger partial charge in [-0.25, -0.2) is 0 Å². The first-order chi connectivity index (χ1) is 17.1. The van der Waals surface area contributed by atoms with Crippen LogP contribution in [0.25, 0.3) is 44.2 Å². The smallest absolute Gasteiger partial charge is 0.166 e. The third-order valence-electron chi connectivity index (χ3n) is 6.15. The largest absolute Gasteiger partial charge is 0.416 e. The fourth-order valence-corrected chi connectivity index (χ4v) is 4.16. The lowest BCUT2D eigenvalue weighted by Gasteiger charge is -2.10. The van der Waals surface area contributed by atoms with Crippen molar-refractivity contribution in [2.75, 3.05) is 0 Å². The Morgan fingerprint density at radius 3 is 0.861 bits per heavy atom. The molecular formula is C30H18F6. The van der Waals surface area contributed by atoms with Gasteiger partial charge in [-0.3, -0.25) is 0 Å². The quantitative estimate of drug-likeness (QED) is 0.220. The van der Waals surface area contributed by atoms with E-state index in [4.69, 9.17) is 0 Å². The van der Waals surface area contributed by atoms with Crippen LogP contribution in [0.3, 0.4) is 0 Å². The summed E-state index contributed by atoms with van der Waals surface area (Å²) in [6, 6.07) is 29.5. The Bertz CT molecular complexity index is 1510. The third kappa shape index (κ3) is 4.85. The highest BCUT2D eigenvalue weighted by Gasteiger charge is 2.30. The highest BCUT2D eigenvalue weighted by atomic mass is 19.4. The Morgan fingerprint density at radius 1 is 0.306 bits per heavy atom. The van der Waals surface area contributed by atoms with Crippen LogP contribution in [0.4, 0.5) is 26.3 Å². The summed E-state index contributed by atoms with van der Waals surface area (Å²) in [7, 11) is 0. The van der Waals surface area contributed by atoms with Crippen LogP contribution in [0.2, 0.25) is 0 Å². The Hall–Kier alpha value is -4.06. The molecule has 0 radical (unpaired) electrons. The first-order valence-electron chi connectivity index (χ1n) is 11.1. The molecule has 0 fully saturated rings. The number of benzene rings is 5. The average Bonchev–Trinajstić information content (AvgIpc) is 2.87. The maximum Gasteiger partial charge on any atom is 0.416 e. The predicted octanol–water partition coefficient (Wildman–Crippen LogP) is 9.88. The van der Waals surface area contributed by atoms with Crippen LogP contribution in [0.1, 0.15) is 11.1 Å². The standard InChI is InChI=1S/C30H18F6/c31-29(32,33)27-13-9-20(10-14-27)19-1-3-21(4-2-19)23-5-7-26-18-24(6-8-25(26)17-23)22-11-15-28(16-12-22)30(34,35)36/h1-18H. The Morgan fingerprint density at radius 2 is 0.556 bits per heavy atom. The Kier molecular flexibility index (Phi) is 5.83. The lowest BCUT2D eigenvalue weighted by Crippen LogP contribution is -2.03. The van der Waals surface area contributed by atoms with E-state index >= 15 is 0 Å². The molecule has 0 saturated carbocycles. The zero-order valence-corrected chi connectivity index (χ0v) is 18.7. The van der Waals surface area contributed by atoms with Gasteiger partial charge in [-0.05, 0) is 80.6 Å². The minimum atomic E-state index is -4.37. The van der Waals surface area contributed by atoms with E-state index in [1.54, 1.807) is 0 Å². The minimum absolute atomic E-state index is 0.680. The molecule has 0 bridgehead atoms. The number of fused-ring (bicyclic) bond motifs is 1. The topological polar surface area (TPSA) is 0 Å². The van der Waals surface area contributed by atoms with Gasteiger partial charge in [0.1, 0.15) is 0 Å². The van der Waals surface area contributed by atoms with Gasteiger partial charge in [0.25, 0.3) is 0 Å². The van der Waals surface area contributed by atoms with Crippen molar-refractivity contribution in [2.45, 2.75) is 12.4 Å². The molecule has 0 aliphatic rings. The lowest BCUT2D eigenvalue weighted by atomic mass is 9.96. The Labute approximate surface area is 203 Å². The molecule has 36 heavy (non-hydrogen) atoms. The lowest BCUT2D eigenvalue weighted by molar-refractivity contribution is -0.138. The molecule has 0 amide bonds. The number of halogens is 6. The van der Waals surface area contributed by atoms with Crippen LogP contribution in [0.15, 0.2) is 109 Å². The van der Waals surface area contributed by atoms with E-state index < -0.39 is 23.5 Å². The first-order valence-corrected chi connectivity index (χ1v) is 11.1. The Balaban J connectivity index is 1.38. The van der Waals surface area contributed by atoms with Crippen molar-refractivity contribution >= 4 is 10.8 Å². The maximum atomic E-state index is 12.8. The molecular weight excluding hydrogens is 474 g/mol. The molecule has 6 heteroatoms.